The lowest BCUT2D eigenvalue weighted by molar-refractivity contribution is -0.136. The molecule has 0 radical (unpaired) electrons. The van der Waals surface area contributed by atoms with Crippen LogP contribution in [0.2, 0.25) is 0 Å². The van der Waals surface area contributed by atoms with E-state index in [9.17, 15) is 9.59 Å². The number of amides is 2. The molecule has 0 aromatic heterocycles. The van der Waals surface area contributed by atoms with Crippen LogP contribution < -0.4 is 0 Å². The van der Waals surface area contributed by atoms with Crippen LogP contribution >= 0.6 is 0 Å². The zero-order valence-corrected chi connectivity index (χ0v) is 15.0. The number of carbonyl (C=O) groups excluding carboxylic acids is 2. The van der Waals surface area contributed by atoms with Gasteiger partial charge in [0, 0.05) is 32.0 Å². The van der Waals surface area contributed by atoms with Gasteiger partial charge >= 0.3 is 0 Å². The Hall–Kier alpha value is -1.84. The number of hydrogen-bond acceptors (Lipinski definition) is 2. The largest absolute Gasteiger partial charge is 0.340 e. The molecule has 0 aliphatic carbocycles. The second kappa shape index (κ2) is 6.96. The van der Waals surface area contributed by atoms with Gasteiger partial charge in [0.25, 0.3) is 0 Å². The Morgan fingerprint density at radius 2 is 1.92 bits per heavy atom. The van der Waals surface area contributed by atoms with Gasteiger partial charge in [-0.15, -0.1) is 0 Å². The first-order chi connectivity index (χ1) is 11.5. The zero-order valence-electron chi connectivity index (χ0n) is 15.0. The molecular weight excluding hydrogens is 300 g/mol. The van der Waals surface area contributed by atoms with Crippen molar-refractivity contribution in [3.63, 3.8) is 0 Å². The average molecular weight is 328 g/mol. The Balaban J connectivity index is 1.79. The van der Waals surface area contributed by atoms with Gasteiger partial charge in [0.1, 0.15) is 0 Å². The van der Waals surface area contributed by atoms with E-state index in [4.69, 9.17) is 0 Å². The molecule has 2 aliphatic heterocycles. The minimum atomic E-state index is 0.0218. The van der Waals surface area contributed by atoms with Crippen molar-refractivity contribution < 1.29 is 9.59 Å². The SMILES string of the molecule is Cc1ccc(CN2C(=O)CCC[C@@H]3CN(C(=O)C(C)C)C[C@@H]32)cc1. The fourth-order valence-corrected chi connectivity index (χ4v) is 3.98. The second-order valence-electron chi connectivity index (χ2n) is 7.62. The predicted octanol–water partition coefficient (Wildman–Crippen LogP) is 2.99. The summed E-state index contributed by atoms with van der Waals surface area (Å²) < 4.78 is 0. The summed E-state index contributed by atoms with van der Waals surface area (Å²) in [6.45, 7) is 8.13. The van der Waals surface area contributed by atoms with Crippen LogP contribution in [0.25, 0.3) is 0 Å². The average Bonchev–Trinajstić information content (AvgIpc) is 2.91. The number of aryl methyl sites for hydroxylation is 1. The second-order valence-corrected chi connectivity index (χ2v) is 7.62. The monoisotopic (exact) mass is 328 g/mol. The third-order valence-electron chi connectivity index (χ3n) is 5.37. The normalized spacial score (nSPS) is 24.2. The van der Waals surface area contributed by atoms with Crippen molar-refractivity contribution in [1.82, 2.24) is 9.80 Å². The van der Waals surface area contributed by atoms with Gasteiger partial charge in [-0.25, -0.2) is 0 Å². The smallest absolute Gasteiger partial charge is 0.225 e. The van der Waals surface area contributed by atoms with Crippen molar-refractivity contribution in [2.24, 2.45) is 11.8 Å². The summed E-state index contributed by atoms with van der Waals surface area (Å²) in [5, 5.41) is 0. The fourth-order valence-electron chi connectivity index (χ4n) is 3.98. The van der Waals surface area contributed by atoms with E-state index >= 15 is 0 Å². The van der Waals surface area contributed by atoms with Crippen LogP contribution in [0.4, 0.5) is 0 Å². The van der Waals surface area contributed by atoms with Gasteiger partial charge in [0.2, 0.25) is 11.8 Å². The molecule has 4 nitrogen and oxygen atoms in total. The number of hydrogen-bond donors (Lipinski definition) is 0. The summed E-state index contributed by atoms with van der Waals surface area (Å²) in [6.07, 6.45) is 2.62. The standard InChI is InChI=1S/C20H28N2O2/c1-14(2)20(24)21-12-17-5-4-6-19(23)22(18(17)13-21)11-16-9-7-15(3)8-10-16/h7-10,14,17-18H,4-6,11-13H2,1-3H3/t17-,18+/m1/s1. The number of nitrogens with zero attached hydrogens (tertiary/aromatic N) is 2. The molecule has 1 aromatic rings. The summed E-state index contributed by atoms with van der Waals surface area (Å²) in [5.74, 6) is 0.894. The Kier molecular flexibility index (Phi) is 4.93. The third kappa shape index (κ3) is 3.47. The maximum Gasteiger partial charge on any atom is 0.225 e. The maximum atomic E-state index is 12.7. The van der Waals surface area contributed by atoms with Crippen molar-refractivity contribution >= 4 is 11.8 Å². The van der Waals surface area contributed by atoms with Gasteiger partial charge in [-0.3, -0.25) is 9.59 Å². The molecule has 0 unspecified atom stereocenters. The molecule has 0 saturated carbocycles. The summed E-state index contributed by atoms with van der Waals surface area (Å²) in [4.78, 5) is 29.1. The molecule has 2 fully saturated rings. The molecule has 0 bridgehead atoms. The van der Waals surface area contributed by atoms with Gasteiger partial charge in [-0.1, -0.05) is 43.7 Å². The third-order valence-corrected chi connectivity index (χ3v) is 5.37. The van der Waals surface area contributed by atoms with Gasteiger partial charge in [0.05, 0.1) is 6.04 Å². The molecule has 0 N–H and O–H groups in total. The lowest BCUT2D eigenvalue weighted by Crippen LogP contribution is -2.43. The van der Waals surface area contributed by atoms with Crippen molar-refractivity contribution in [3.8, 4) is 0 Å². The van der Waals surface area contributed by atoms with Crippen molar-refractivity contribution in [2.45, 2.75) is 52.6 Å². The van der Waals surface area contributed by atoms with Gasteiger partial charge in [-0.05, 0) is 31.2 Å². The van der Waals surface area contributed by atoms with Gasteiger partial charge in [0.15, 0.2) is 0 Å². The maximum absolute atomic E-state index is 12.7. The lowest BCUT2D eigenvalue weighted by atomic mass is 9.98. The first kappa shape index (κ1) is 17.0. The molecule has 2 amide bonds. The number of benzene rings is 1. The molecule has 3 rings (SSSR count). The minimum Gasteiger partial charge on any atom is -0.340 e. The quantitative estimate of drug-likeness (QED) is 0.856. The van der Waals surface area contributed by atoms with E-state index in [1.165, 1.54) is 11.1 Å². The number of likely N-dealkylation sites (tertiary alicyclic amines) is 2. The topological polar surface area (TPSA) is 40.6 Å². The van der Waals surface area contributed by atoms with E-state index in [2.05, 4.69) is 31.2 Å². The summed E-state index contributed by atoms with van der Waals surface area (Å²) >= 11 is 0. The summed E-state index contributed by atoms with van der Waals surface area (Å²) in [7, 11) is 0. The number of carbonyl (C=O) groups is 2. The molecule has 2 atom stereocenters. The predicted molar refractivity (Wildman–Crippen MR) is 94.3 cm³/mol. The number of rotatable bonds is 3. The minimum absolute atomic E-state index is 0.0218. The van der Waals surface area contributed by atoms with E-state index in [1.807, 2.05) is 23.6 Å². The molecule has 130 valence electrons. The Morgan fingerprint density at radius 1 is 1.21 bits per heavy atom. The molecule has 2 saturated heterocycles. The van der Waals surface area contributed by atoms with Crippen LogP contribution in [0, 0.1) is 18.8 Å². The van der Waals surface area contributed by atoms with Crippen molar-refractivity contribution in [2.75, 3.05) is 13.1 Å². The molecule has 1 aromatic carbocycles. The van der Waals surface area contributed by atoms with Crippen LogP contribution in [0.3, 0.4) is 0 Å². The fraction of sp³-hybridized carbons (Fsp3) is 0.600. The zero-order chi connectivity index (χ0) is 17.3. The highest BCUT2D eigenvalue weighted by Crippen LogP contribution is 2.32. The highest BCUT2D eigenvalue weighted by atomic mass is 16.2. The van der Waals surface area contributed by atoms with Crippen LogP contribution in [0.5, 0.6) is 0 Å². The van der Waals surface area contributed by atoms with Crippen molar-refractivity contribution in [1.29, 1.82) is 0 Å². The Labute approximate surface area is 144 Å². The summed E-state index contributed by atoms with van der Waals surface area (Å²) in [5.41, 5.74) is 2.40. The first-order valence-corrected chi connectivity index (χ1v) is 9.09. The molecule has 0 spiro atoms. The molecule has 2 heterocycles. The van der Waals surface area contributed by atoms with E-state index in [0.717, 1.165) is 19.4 Å². The van der Waals surface area contributed by atoms with E-state index in [1.54, 1.807) is 0 Å². The Bertz CT molecular complexity index is 609. The number of fused-ring (bicyclic) bond motifs is 1. The van der Waals surface area contributed by atoms with Crippen LogP contribution in [0.1, 0.15) is 44.2 Å². The lowest BCUT2D eigenvalue weighted by Gasteiger charge is -2.30. The summed E-state index contributed by atoms with van der Waals surface area (Å²) in [6, 6.07) is 8.57. The Morgan fingerprint density at radius 3 is 2.58 bits per heavy atom. The first-order valence-electron chi connectivity index (χ1n) is 9.09. The highest BCUT2D eigenvalue weighted by molar-refractivity contribution is 5.80. The van der Waals surface area contributed by atoms with Gasteiger partial charge < -0.3 is 9.80 Å². The van der Waals surface area contributed by atoms with E-state index < -0.39 is 0 Å². The van der Waals surface area contributed by atoms with Gasteiger partial charge in [-0.2, -0.15) is 0 Å². The van der Waals surface area contributed by atoms with E-state index in [-0.39, 0.29) is 23.8 Å². The highest BCUT2D eigenvalue weighted by Gasteiger charge is 2.41. The van der Waals surface area contributed by atoms with Crippen LogP contribution in [-0.4, -0.2) is 40.7 Å². The molecule has 2 aliphatic rings. The molecule has 24 heavy (non-hydrogen) atoms. The van der Waals surface area contributed by atoms with Crippen LogP contribution in [0.15, 0.2) is 24.3 Å². The van der Waals surface area contributed by atoms with Crippen molar-refractivity contribution in [3.05, 3.63) is 35.4 Å². The van der Waals surface area contributed by atoms with E-state index in [0.29, 0.717) is 25.4 Å². The molecular formula is C20H28N2O2. The van der Waals surface area contributed by atoms with Crippen LogP contribution in [-0.2, 0) is 16.1 Å². The molecule has 4 heteroatoms.